The summed E-state index contributed by atoms with van der Waals surface area (Å²) in [6.45, 7) is 5.88. The van der Waals surface area contributed by atoms with Crippen molar-refractivity contribution in [3.05, 3.63) is 30.1 Å². The predicted octanol–water partition coefficient (Wildman–Crippen LogP) is 4.32. The van der Waals surface area contributed by atoms with Gasteiger partial charge in [0, 0.05) is 18.6 Å². The lowest BCUT2D eigenvalue weighted by Crippen LogP contribution is -2.39. The summed E-state index contributed by atoms with van der Waals surface area (Å²) < 4.78 is 2.10. The van der Waals surface area contributed by atoms with Crippen LogP contribution in [0.3, 0.4) is 0 Å². The van der Waals surface area contributed by atoms with E-state index in [9.17, 15) is 4.79 Å². The smallest absolute Gasteiger partial charge is 0.220 e. The molecule has 1 heterocycles. The second kappa shape index (κ2) is 13.1. The van der Waals surface area contributed by atoms with Crippen LogP contribution in [0.25, 0.3) is 0 Å². The molecule has 3 nitrogen and oxygen atoms in total. The lowest BCUT2D eigenvalue weighted by atomic mass is 10.1. The van der Waals surface area contributed by atoms with E-state index in [0.717, 1.165) is 13.0 Å². The molecular weight excluding hydrogens is 284 g/mol. The first kappa shape index (κ1) is 19.7. The summed E-state index contributed by atoms with van der Waals surface area (Å²) in [5, 5.41) is 3.01. The van der Waals surface area contributed by atoms with Crippen LogP contribution >= 0.6 is 0 Å². The molecule has 0 radical (unpaired) electrons. The number of unbranched alkanes of at least 4 members (excludes halogenated alkanes) is 8. The van der Waals surface area contributed by atoms with E-state index < -0.39 is 0 Å². The van der Waals surface area contributed by atoms with Gasteiger partial charge in [-0.2, -0.15) is 0 Å². The number of hydrogen-bond donors (Lipinski definition) is 1. The predicted molar refractivity (Wildman–Crippen MR) is 96.2 cm³/mol. The Hall–Kier alpha value is -1.38. The first-order chi connectivity index (χ1) is 11.2. The summed E-state index contributed by atoms with van der Waals surface area (Å²) in [7, 11) is 0. The van der Waals surface area contributed by atoms with Gasteiger partial charge in [0.15, 0.2) is 18.9 Å². The molecule has 0 atom stereocenters. The number of carbonyl (C=O) groups is 1. The highest BCUT2D eigenvalue weighted by Crippen LogP contribution is 2.10. The molecule has 0 fully saturated rings. The van der Waals surface area contributed by atoms with Crippen molar-refractivity contribution >= 4 is 5.91 Å². The molecule has 0 aliphatic rings. The molecule has 23 heavy (non-hydrogen) atoms. The second-order valence-corrected chi connectivity index (χ2v) is 6.54. The Morgan fingerprint density at radius 1 is 0.957 bits per heavy atom. The summed E-state index contributed by atoms with van der Waals surface area (Å²) in [5.74, 6) is 0.195. The molecule has 0 aliphatic heterocycles. The highest BCUT2D eigenvalue weighted by atomic mass is 16.1. The highest BCUT2D eigenvalue weighted by molar-refractivity contribution is 5.75. The van der Waals surface area contributed by atoms with E-state index in [1.807, 2.05) is 0 Å². The Morgan fingerprint density at radius 3 is 2.13 bits per heavy atom. The van der Waals surface area contributed by atoms with Crippen molar-refractivity contribution in [3.63, 3.8) is 0 Å². The topological polar surface area (TPSA) is 33.0 Å². The Morgan fingerprint density at radius 2 is 1.52 bits per heavy atom. The highest BCUT2D eigenvalue weighted by Gasteiger charge is 2.03. The quantitative estimate of drug-likeness (QED) is 0.426. The molecule has 0 spiro atoms. The fraction of sp³-hybridized carbons (Fsp3) is 0.700. The van der Waals surface area contributed by atoms with E-state index in [4.69, 9.17) is 0 Å². The zero-order valence-corrected chi connectivity index (χ0v) is 15.2. The second-order valence-electron chi connectivity index (χ2n) is 6.54. The average molecular weight is 320 g/mol. The van der Waals surface area contributed by atoms with Gasteiger partial charge in [-0.3, -0.25) is 4.79 Å². The third-order valence-corrected chi connectivity index (χ3v) is 4.26. The van der Waals surface area contributed by atoms with Crippen molar-refractivity contribution < 1.29 is 9.36 Å². The zero-order valence-electron chi connectivity index (χ0n) is 15.2. The van der Waals surface area contributed by atoms with Gasteiger partial charge in [-0.25, -0.2) is 4.57 Å². The molecule has 1 N–H and O–H groups in total. The number of pyridine rings is 1. The Labute approximate surface area is 142 Å². The van der Waals surface area contributed by atoms with E-state index >= 15 is 0 Å². The molecule has 1 rings (SSSR count). The van der Waals surface area contributed by atoms with Gasteiger partial charge in [-0.15, -0.1) is 0 Å². The lowest BCUT2D eigenvalue weighted by molar-refractivity contribution is -0.694. The summed E-state index contributed by atoms with van der Waals surface area (Å²) in [4.78, 5) is 11.8. The molecule has 3 heteroatoms. The van der Waals surface area contributed by atoms with Crippen molar-refractivity contribution in [3.8, 4) is 0 Å². The average Bonchev–Trinajstić information content (AvgIpc) is 2.55. The number of nitrogens with zero attached hydrogens (tertiary/aromatic N) is 1. The molecule has 130 valence electrons. The van der Waals surface area contributed by atoms with E-state index in [2.05, 4.69) is 48.3 Å². The molecule has 0 saturated heterocycles. The van der Waals surface area contributed by atoms with E-state index in [-0.39, 0.29) is 5.91 Å². The van der Waals surface area contributed by atoms with E-state index in [0.29, 0.717) is 13.0 Å². The molecular formula is C20H35N2O+. The normalized spacial score (nSPS) is 10.7. The maximum atomic E-state index is 11.8. The molecule has 0 unspecified atom stereocenters. The van der Waals surface area contributed by atoms with Gasteiger partial charge >= 0.3 is 0 Å². The number of carbonyl (C=O) groups excluding carboxylic acids is 1. The lowest BCUT2D eigenvalue weighted by Gasteiger charge is -2.04. The number of aromatic nitrogens is 1. The number of amides is 1. The van der Waals surface area contributed by atoms with Gasteiger partial charge in [0.05, 0.1) is 6.54 Å². The van der Waals surface area contributed by atoms with Gasteiger partial charge in [-0.1, -0.05) is 58.3 Å². The Kier molecular flexibility index (Phi) is 11.2. The van der Waals surface area contributed by atoms with E-state index in [1.165, 1.54) is 56.9 Å². The maximum Gasteiger partial charge on any atom is 0.220 e. The standard InChI is InChI=1S/C20H34N2O/c1-3-4-5-6-7-8-9-10-11-12-20(23)21-15-18-22-16-13-19(2)14-17-22/h13-14,16-17H,3-12,15,18H2,1-2H3/p+1. The van der Waals surface area contributed by atoms with Crippen LogP contribution in [-0.4, -0.2) is 12.5 Å². The van der Waals surface area contributed by atoms with Gasteiger partial charge in [0.2, 0.25) is 5.91 Å². The largest absolute Gasteiger partial charge is 0.350 e. The molecule has 0 bridgehead atoms. The van der Waals surface area contributed by atoms with Crippen molar-refractivity contribution in [1.29, 1.82) is 0 Å². The van der Waals surface area contributed by atoms with Crippen molar-refractivity contribution in [2.45, 2.75) is 84.6 Å². The molecule has 1 aromatic heterocycles. The van der Waals surface area contributed by atoms with Crippen molar-refractivity contribution in [1.82, 2.24) is 5.32 Å². The van der Waals surface area contributed by atoms with Gasteiger partial charge < -0.3 is 5.32 Å². The van der Waals surface area contributed by atoms with Crippen LogP contribution in [0.4, 0.5) is 0 Å². The number of rotatable bonds is 13. The fourth-order valence-corrected chi connectivity index (χ4v) is 2.69. The summed E-state index contributed by atoms with van der Waals surface area (Å²) in [6, 6.07) is 4.17. The molecule has 0 aromatic carbocycles. The number of aryl methyl sites for hydroxylation is 1. The third kappa shape index (κ3) is 10.9. The maximum absolute atomic E-state index is 11.8. The van der Waals surface area contributed by atoms with Crippen LogP contribution in [0.5, 0.6) is 0 Å². The molecule has 0 saturated carbocycles. The number of nitrogens with one attached hydrogen (secondary N) is 1. The van der Waals surface area contributed by atoms with Crippen LogP contribution < -0.4 is 9.88 Å². The van der Waals surface area contributed by atoms with Crippen LogP contribution in [0.2, 0.25) is 0 Å². The van der Waals surface area contributed by atoms with Crippen LogP contribution in [0.1, 0.15) is 76.7 Å². The minimum atomic E-state index is 0.195. The molecule has 0 aliphatic carbocycles. The molecule has 1 amide bonds. The van der Waals surface area contributed by atoms with Crippen molar-refractivity contribution in [2.75, 3.05) is 6.54 Å². The summed E-state index contributed by atoms with van der Waals surface area (Å²) >= 11 is 0. The van der Waals surface area contributed by atoms with Crippen LogP contribution in [-0.2, 0) is 11.3 Å². The number of hydrogen-bond acceptors (Lipinski definition) is 1. The SMILES string of the molecule is CCCCCCCCCCCC(=O)NCC[n+]1ccc(C)cc1. The van der Waals surface area contributed by atoms with Crippen LogP contribution in [0, 0.1) is 6.92 Å². The third-order valence-electron chi connectivity index (χ3n) is 4.26. The van der Waals surface area contributed by atoms with Gasteiger partial charge in [-0.05, 0) is 18.9 Å². The molecule has 1 aromatic rings. The summed E-state index contributed by atoms with van der Waals surface area (Å²) in [6.07, 6.45) is 16.4. The zero-order chi connectivity index (χ0) is 16.8. The Balaban J connectivity index is 1.91. The summed E-state index contributed by atoms with van der Waals surface area (Å²) in [5.41, 5.74) is 1.26. The van der Waals surface area contributed by atoms with Gasteiger partial charge in [0.25, 0.3) is 0 Å². The first-order valence-corrected chi connectivity index (χ1v) is 9.44. The first-order valence-electron chi connectivity index (χ1n) is 9.44. The Bertz CT molecular complexity index is 414. The monoisotopic (exact) mass is 319 g/mol. The fourth-order valence-electron chi connectivity index (χ4n) is 2.69. The van der Waals surface area contributed by atoms with E-state index in [1.54, 1.807) is 0 Å². The minimum Gasteiger partial charge on any atom is -0.350 e. The van der Waals surface area contributed by atoms with Gasteiger partial charge in [0.1, 0.15) is 0 Å². The van der Waals surface area contributed by atoms with Crippen molar-refractivity contribution in [2.24, 2.45) is 0 Å². The minimum absolute atomic E-state index is 0.195. The van der Waals surface area contributed by atoms with Crippen LogP contribution in [0.15, 0.2) is 24.5 Å².